The van der Waals surface area contributed by atoms with Gasteiger partial charge in [0.25, 0.3) is 0 Å². The van der Waals surface area contributed by atoms with E-state index in [1.807, 2.05) is 0 Å². The van der Waals surface area contributed by atoms with Gasteiger partial charge in [-0.25, -0.2) is 4.79 Å². The third kappa shape index (κ3) is 2.95. The second-order valence-electron chi connectivity index (χ2n) is 5.28. The first-order valence-electron chi connectivity index (χ1n) is 7.32. The fourth-order valence-corrected chi connectivity index (χ4v) is 2.55. The molecule has 0 spiro atoms. The van der Waals surface area contributed by atoms with Gasteiger partial charge in [0, 0.05) is 29.7 Å². The Bertz CT molecular complexity index is 860. The standard InChI is InChI=1S/C19H15NO4/c1-22-15-9-17(23-2)16-8-14(19(21)24-18(16)10-15)7-12-3-5-13(11-20)6-4-12/h3-7,9-10H,8H2,1-2H3. The van der Waals surface area contributed by atoms with E-state index < -0.39 is 5.97 Å². The number of methoxy groups -OCH3 is 2. The molecule has 0 aromatic heterocycles. The molecule has 0 bridgehead atoms. The highest BCUT2D eigenvalue weighted by atomic mass is 16.5. The molecule has 5 nitrogen and oxygen atoms in total. The number of hydrogen-bond donors (Lipinski definition) is 0. The Kier molecular flexibility index (Phi) is 4.21. The van der Waals surface area contributed by atoms with Crippen molar-refractivity contribution in [3.05, 3.63) is 58.7 Å². The Hall–Kier alpha value is -3.26. The number of esters is 1. The highest BCUT2D eigenvalue weighted by Crippen LogP contribution is 2.39. The maximum Gasteiger partial charge on any atom is 0.339 e. The van der Waals surface area contributed by atoms with Crippen LogP contribution in [0.3, 0.4) is 0 Å². The Morgan fingerprint density at radius 1 is 1.17 bits per heavy atom. The van der Waals surface area contributed by atoms with Gasteiger partial charge in [0.1, 0.15) is 17.2 Å². The van der Waals surface area contributed by atoms with Gasteiger partial charge in [-0.05, 0) is 23.8 Å². The molecule has 0 radical (unpaired) electrons. The van der Waals surface area contributed by atoms with Crippen molar-refractivity contribution in [1.29, 1.82) is 5.26 Å². The van der Waals surface area contributed by atoms with E-state index in [0.717, 1.165) is 11.1 Å². The van der Waals surface area contributed by atoms with Crippen molar-refractivity contribution < 1.29 is 19.0 Å². The average molecular weight is 321 g/mol. The topological polar surface area (TPSA) is 68.6 Å². The molecule has 1 aliphatic rings. The van der Waals surface area contributed by atoms with Gasteiger partial charge in [0.2, 0.25) is 0 Å². The van der Waals surface area contributed by atoms with Crippen molar-refractivity contribution in [3.63, 3.8) is 0 Å². The van der Waals surface area contributed by atoms with Crippen LogP contribution in [-0.4, -0.2) is 20.2 Å². The average Bonchev–Trinajstić information content (AvgIpc) is 2.62. The van der Waals surface area contributed by atoms with Crippen LogP contribution in [0.5, 0.6) is 17.2 Å². The Labute approximate surface area is 139 Å². The van der Waals surface area contributed by atoms with Gasteiger partial charge in [-0.2, -0.15) is 5.26 Å². The largest absolute Gasteiger partial charge is 0.496 e. The monoisotopic (exact) mass is 321 g/mol. The lowest BCUT2D eigenvalue weighted by Crippen LogP contribution is -2.20. The molecule has 0 fully saturated rings. The van der Waals surface area contributed by atoms with Crippen LogP contribution in [0.25, 0.3) is 6.08 Å². The second-order valence-corrected chi connectivity index (χ2v) is 5.28. The molecule has 0 aliphatic carbocycles. The molecule has 0 saturated heterocycles. The van der Waals surface area contributed by atoms with Gasteiger partial charge >= 0.3 is 5.97 Å². The van der Waals surface area contributed by atoms with E-state index in [2.05, 4.69) is 6.07 Å². The number of nitrogens with zero attached hydrogens (tertiary/aromatic N) is 1. The minimum atomic E-state index is -0.401. The van der Waals surface area contributed by atoms with E-state index in [9.17, 15) is 4.79 Å². The van der Waals surface area contributed by atoms with Crippen molar-refractivity contribution in [1.82, 2.24) is 0 Å². The molecule has 0 saturated carbocycles. The summed E-state index contributed by atoms with van der Waals surface area (Å²) in [5, 5.41) is 8.84. The maximum absolute atomic E-state index is 12.3. The SMILES string of the molecule is COc1cc(OC)c2c(c1)OC(=O)C(=Cc1ccc(C#N)cc1)C2. The molecule has 3 rings (SSSR count). The molecular weight excluding hydrogens is 306 g/mol. The minimum absolute atomic E-state index is 0.401. The molecular formula is C19H15NO4. The predicted octanol–water partition coefficient (Wildman–Crippen LogP) is 3.12. The highest BCUT2D eigenvalue weighted by molar-refractivity contribution is 5.97. The Morgan fingerprint density at radius 3 is 2.54 bits per heavy atom. The first-order valence-corrected chi connectivity index (χ1v) is 7.32. The number of rotatable bonds is 3. The quantitative estimate of drug-likeness (QED) is 0.493. The Balaban J connectivity index is 1.98. The predicted molar refractivity (Wildman–Crippen MR) is 88.0 cm³/mol. The zero-order valence-corrected chi connectivity index (χ0v) is 13.3. The van der Waals surface area contributed by atoms with Crippen molar-refractivity contribution in [2.24, 2.45) is 0 Å². The number of fused-ring (bicyclic) bond motifs is 1. The molecule has 1 heterocycles. The number of hydrogen-bond acceptors (Lipinski definition) is 5. The van der Waals surface area contributed by atoms with E-state index in [4.69, 9.17) is 19.5 Å². The van der Waals surface area contributed by atoms with Crippen LogP contribution in [0, 0.1) is 11.3 Å². The van der Waals surface area contributed by atoms with Crippen LogP contribution in [0.15, 0.2) is 42.0 Å². The van der Waals surface area contributed by atoms with E-state index in [1.165, 1.54) is 0 Å². The number of carbonyl (C=O) groups is 1. The molecule has 0 atom stereocenters. The van der Waals surface area contributed by atoms with Crippen LogP contribution < -0.4 is 14.2 Å². The van der Waals surface area contributed by atoms with Crippen LogP contribution in [0.4, 0.5) is 0 Å². The van der Waals surface area contributed by atoms with Gasteiger partial charge in [-0.3, -0.25) is 0 Å². The van der Waals surface area contributed by atoms with Crippen LogP contribution in [0.1, 0.15) is 16.7 Å². The molecule has 120 valence electrons. The lowest BCUT2D eigenvalue weighted by molar-refractivity contribution is -0.130. The number of ether oxygens (including phenoxy) is 3. The normalized spacial score (nSPS) is 14.5. The van der Waals surface area contributed by atoms with Crippen molar-refractivity contribution >= 4 is 12.0 Å². The first-order chi connectivity index (χ1) is 11.6. The first kappa shape index (κ1) is 15.6. The zero-order chi connectivity index (χ0) is 17.1. The van der Waals surface area contributed by atoms with E-state index >= 15 is 0 Å². The fraction of sp³-hybridized carbons (Fsp3) is 0.158. The smallest absolute Gasteiger partial charge is 0.339 e. The maximum atomic E-state index is 12.3. The summed E-state index contributed by atoms with van der Waals surface area (Å²) in [6.07, 6.45) is 2.16. The summed E-state index contributed by atoms with van der Waals surface area (Å²) in [5.74, 6) is 1.23. The molecule has 2 aromatic rings. The van der Waals surface area contributed by atoms with Gasteiger partial charge < -0.3 is 14.2 Å². The van der Waals surface area contributed by atoms with E-state index in [0.29, 0.717) is 34.8 Å². The van der Waals surface area contributed by atoms with Crippen molar-refractivity contribution in [3.8, 4) is 23.3 Å². The number of benzene rings is 2. The fourth-order valence-electron chi connectivity index (χ4n) is 2.55. The molecule has 2 aromatic carbocycles. The lowest BCUT2D eigenvalue weighted by Gasteiger charge is -2.21. The molecule has 24 heavy (non-hydrogen) atoms. The third-order valence-corrected chi connectivity index (χ3v) is 3.81. The summed E-state index contributed by atoms with van der Waals surface area (Å²) in [6.45, 7) is 0. The lowest BCUT2D eigenvalue weighted by atomic mass is 9.98. The van der Waals surface area contributed by atoms with E-state index in [-0.39, 0.29) is 0 Å². The Morgan fingerprint density at radius 2 is 1.92 bits per heavy atom. The van der Waals surface area contributed by atoms with Crippen molar-refractivity contribution in [2.45, 2.75) is 6.42 Å². The molecule has 0 unspecified atom stereocenters. The van der Waals surface area contributed by atoms with Gasteiger partial charge in [0.05, 0.1) is 25.9 Å². The summed E-state index contributed by atoms with van der Waals surface area (Å²) in [4.78, 5) is 12.3. The highest BCUT2D eigenvalue weighted by Gasteiger charge is 2.26. The third-order valence-electron chi connectivity index (χ3n) is 3.81. The summed E-state index contributed by atoms with van der Waals surface area (Å²) >= 11 is 0. The van der Waals surface area contributed by atoms with E-state index in [1.54, 1.807) is 56.7 Å². The summed E-state index contributed by atoms with van der Waals surface area (Å²) in [6, 6.07) is 12.5. The summed E-state index contributed by atoms with van der Waals surface area (Å²) in [5.41, 5.74) is 2.73. The summed E-state index contributed by atoms with van der Waals surface area (Å²) in [7, 11) is 3.11. The van der Waals surface area contributed by atoms with Gasteiger partial charge in [0.15, 0.2) is 0 Å². The second kappa shape index (κ2) is 6.47. The van der Waals surface area contributed by atoms with Crippen LogP contribution in [-0.2, 0) is 11.2 Å². The van der Waals surface area contributed by atoms with Gasteiger partial charge in [-0.15, -0.1) is 0 Å². The molecule has 1 aliphatic heterocycles. The zero-order valence-electron chi connectivity index (χ0n) is 13.3. The van der Waals surface area contributed by atoms with Crippen LogP contribution >= 0.6 is 0 Å². The minimum Gasteiger partial charge on any atom is -0.496 e. The number of carbonyl (C=O) groups excluding carboxylic acids is 1. The summed E-state index contributed by atoms with van der Waals surface area (Å²) < 4.78 is 16.0. The van der Waals surface area contributed by atoms with Gasteiger partial charge in [-0.1, -0.05) is 12.1 Å². The number of nitriles is 1. The van der Waals surface area contributed by atoms with Crippen molar-refractivity contribution in [2.75, 3.05) is 14.2 Å². The molecule has 0 amide bonds. The molecule has 0 N–H and O–H groups in total. The van der Waals surface area contributed by atoms with Crippen LogP contribution in [0.2, 0.25) is 0 Å². The molecule has 5 heteroatoms.